The van der Waals surface area contributed by atoms with Crippen LogP contribution in [-0.2, 0) is 0 Å². The van der Waals surface area contributed by atoms with Gasteiger partial charge in [-0.25, -0.2) is 0 Å². The summed E-state index contributed by atoms with van der Waals surface area (Å²) in [5.41, 5.74) is 0. The van der Waals surface area contributed by atoms with Crippen LogP contribution in [0.15, 0.2) is 0 Å². The van der Waals surface area contributed by atoms with Gasteiger partial charge >= 0.3 is 0 Å². The Morgan fingerprint density at radius 1 is 1.06 bits per heavy atom. The molecule has 0 amide bonds. The maximum absolute atomic E-state index is 9.39. The van der Waals surface area contributed by atoms with E-state index in [4.69, 9.17) is 0 Å². The zero-order valence-corrected chi connectivity index (χ0v) is 12.4. The van der Waals surface area contributed by atoms with E-state index in [-0.39, 0.29) is 5.92 Å². The Hall–Kier alpha value is -0.590. The molecule has 1 saturated carbocycles. The molecule has 1 rings (SSSR count). The van der Waals surface area contributed by atoms with Crippen molar-refractivity contribution in [2.45, 2.75) is 51.5 Å². The fourth-order valence-electron chi connectivity index (χ4n) is 2.93. The van der Waals surface area contributed by atoms with Crippen molar-refractivity contribution in [1.82, 2.24) is 9.80 Å². The summed E-state index contributed by atoms with van der Waals surface area (Å²) >= 11 is 0. The summed E-state index contributed by atoms with van der Waals surface area (Å²) in [7, 11) is 4.25. The molecule has 3 heteroatoms. The van der Waals surface area contributed by atoms with Gasteiger partial charge in [0.05, 0.1) is 12.0 Å². The van der Waals surface area contributed by atoms with Gasteiger partial charge in [0.15, 0.2) is 0 Å². The van der Waals surface area contributed by atoms with Crippen LogP contribution in [0.4, 0.5) is 0 Å². The Kier molecular flexibility index (Phi) is 7.31. The van der Waals surface area contributed by atoms with Gasteiger partial charge in [0, 0.05) is 19.1 Å². The first-order valence-corrected chi connectivity index (χ1v) is 7.47. The molecule has 0 aromatic carbocycles. The normalized spacial score (nSPS) is 25.1. The highest BCUT2D eigenvalue weighted by Crippen LogP contribution is 2.27. The van der Waals surface area contributed by atoms with E-state index in [2.05, 4.69) is 36.9 Å². The molecule has 0 aromatic heterocycles. The summed E-state index contributed by atoms with van der Waals surface area (Å²) in [5, 5.41) is 9.39. The molecule has 1 aliphatic rings. The molecule has 0 bridgehead atoms. The van der Waals surface area contributed by atoms with Crippen molar-refractivity contribution in [3.8, 4) is 6.07 Å². The zero-order valence-electron chi connectivity index (χ0n) is 12.4. The Morgan fingerprint density at radius 2 is 1.78 bits per heavy atom. The SMILES string of the molecule is CCCN(CCN(C)C)C1CCCCCC1C#N. The summed E-state index contributed by atoms with van der Waals surface area (Å²) in [5.74, 6) is 0.251. The molecule has 104 valence electrons. The summed E-state index contributed by atoms with van der Waals surface area (Å²) in [6, 6.07) is 3.06. The molecule has 0 aliphatic heterocycles. The number of nitriles is 1. The average molecular weight is 251 g/mol. The molecule has 1 fully saturated rings. The number of hydrogen-bond donors (Lipinski definition) is 0. The van der Waals surface area contributed by atoms with Gasteiger partial charge < -0.3 is 4.90 Å². The third-order valence-electron chi connectivity index (χ3n) is 3.96. The van der Waals surface area contributed by atoms with E-state index in [1.54, 1.807) is 0 Å². The van der Waals surface area contributed by atoms with Crippen LogP contribution >= 0.6 is 0 Å². The van der Waals surface area contributed by atoms with Crippen LogP contribution in [0.25, 0.3) is 0 Å². The Morgan fingerprint density at radius 3 is 2.39 bits per heavy atom. The minimum absolute atomic E-state index is 0.251. The van der Waals surface area contributed by atoms with E-state index in [0.717, 1.165) is 26.1 Å². The lowest BCUT2D eigenvalue weighted by Gasteiger charge is -2.34. The van der Waals surface area contributed by atoms with Crippen LogP contribution in [0.5, 0.6) is 0 Å². The number of rotatable bonds is 6. The smallest absolute Gasteiger partial charge is 0.0672 e. The Balaban J connectivity index is 2.64. The number of nitrogens with zero attached hydrogens (tertiary/aromatic N) is 3. The third-order valence-corrected chi connectivity index (χ3v) is 3.96. The molecule has 2 atom stereocenters. The standard InChI is InChI=1S/C15H29N3/c1-4-10-18(12-11-17(2)3)15-9-7-5-6-8-14(15)13-16/h14-15H,4-12H2,1-3H3. The second kappa shape index (κ2) is 8.50. The molecule has 0 heterocycles. The molecule has 0 radical (unpaired) electrons. The van der Waals surface area contributed by atoms with Gasteiger partial charge in [-0.15, -0.1) is 0 Å². The van der Waals surface area contributed by atoms with Gasteiger partial charge in [-0.05, 0) is 39.9 Å². The maximum Gasteiger partial charge on any atom is 0.0672 e. The van der Waals surface area contributed by atoms with Crippen molar-refractivity contribution < 1.29 is 0 Å². The first-order valence-electron chi connectivity index (χ1n) is 7.47. The van der Waals surface area contributed by atoms with Crippen molar-refractivity contribution in [2.24, 2.45) is 5.92 Å². The number of likely N-dealkylation sites (N-methyl/N-ethyl adjacent to an activating group) is 1. The maximum atomic E-state index is 9.39. The lowest BCUT2D eigenvalue weighted by Crippen LogP contribution is -2.43. The minimum Gasteiger partial charge on any atom is -0.308 e. The molecule has 0 saturated heterocycles. The van der Waals surface area contributed by atoms with Crippen molar-refractivity contribution in [1.29, 1.82) is 5.26 Å². The van der Waals surface area contributed by atoms with Crippen molar-refractivity contribution in [3.63, 3.8) is 0 Å². The van der Waals surface area contributed by atoms with Crippen LogP contribution in [0.1, 0.15) is 45.4 Å². The Labute approximate surface area is 113 Å². The summed E-state index contributed by atoms with van der Waals surface area (Å²) in [6.07, 6.45) is 7.34. The summed E-state index contributed by atoms with van der Waals surface area (Å²) in [4.78, 5) is 4.81. The largest absolute Gasteiger partial charge is 0.308 e. The molecular weight excluding hydrogens is 222 g/mol. The predicted molar refractivity (Wildman–Crippen MR) is 76.4 cm³/mol. The van der Waals surface area contributed by atoms with Crippen LogP contribution < -0.4 is 0 Å². The monoisotopic (exact) mass is 251 g/mol. The second-order valence-electron chi connectivity index (χ2n) is 5.78. The van der Waals surface area contributed by atoms with Gasteiger partial charge in [-0.1, -0.05) is 26.2 Å². The number of hydrogen-bond acceptors (Lipinski definition) is 3. The van der Waals surface area contributed by atoms with Crippen molar-refractivity contribution in [2.75, 3.05) is 33.7 Å². The highest BCUT2D eigenvalue weighted by molar-refractivity contribution is 4.94. The lowest BCUT2D eigenvalue weighted by atomic mass is 9.94. The molecule has 2 unspecified atom stereocenters. The Bertz CT molecular complexity index is 257. The second-order valence-corrected chi connectivity index (χ2v) is 5.78. The first kappa shape index (κ1) is 15.5. The lowest BCUT2D eigenvalue weighted by molar-refractivity contribution is 0.141. The van der Waals surface area contributed by atoms with Crippen molar-refractivity contribution in [3.05, 3.63) is 0 Å². The average Bonchev–Trinajstić information content (AvgIpc) is 2.59. The molecule has 0 N–H and O–H groups in total. The summed E-state index contributed by atoms with van der Waals surface area (Å²) in [6.45, 7) is 5.57. The van der Waals surface area contributed by atoms with E-state index in [1.165, 1.54) is 32.1 Å². The minimum atomic E-state index is 0.251. The van der Waals surface area contributed by atoms with E-state index < -0.39 is 0 Å². The zero-order chi connectivity index (χ0) is 13.4. The topological polar surface area (TPSA) is 30.3 Å². The molecule has 0 aromatic rings. The highest BCUT2D eigenvalue weighted by Gasteiger charge is 2.28. The van der Waals surface area contributed by atoms with E-state index in [9.17, 15) is 5.26 Å². The van der Waals surface area contributed by atoms with Gasteiger partial charge in [0.25, 0.3) is 0 Å². The van der Waals surface area contributed by atoms with E-state index in [1.807, 2.05) is 0 Å². The highest BCUT2D eigenvalue weighted by atomic mass is 15.2. The van der Waals surface area contributed by atoms with Crippen LogP contribution in [0.2, 0.25) is 0 Å². The molecular formula is C15H29N3. The molecule has 0 spiro atoms. The molecule has 3 nitrogen and oxygen atoms in total. The van der Waals surface area contributed by atoms with E-state index in [0.29, 0.717) is 6.04 Å². The molecule has 1 aliphatic carbocycles. The van der Waals surface area contributed by atoms with Gasteiger partial charge in [0.2, 0.25) is 0 Å². The fourth-order valence-corrected chi connectivity index (χ4v) is 2.93. The fraction of sp³-hybridized carbons (Fsp3) is 0.933. The third kappa shape index (κ3) is 4.96. The summed E-state index contributed by atoms with van der Waals surface area (Å²) < 4.78 is 0. The van der Waals surface area contributed by atoms with Gasteiger partial charge in [-0.2, -0.15) is 5.26 Å². The quantitative estimate of drug-likeness (QED) is 0.680. The van der Waals surface area contributed by atoms with Crippen LogP contribution in [0.3, 0.4) is 0 Å². The van der Waals surface area contributed by atoms with Crippen LogP contribution in [-0.4, -0.2) is 49.6 Å². The predicted octanol–water partition coefficient (Wildman–Crippen LogP) is 2.73. The van der Waals surface area contributed by atoms with Gasteiger partial charge in [0.1, 0.15) is 0 Å². The van der Waals surface area contributed by atoms with E-state index >= 15 is 0 Å². The van der Waals surface area contributed by atoms with Gasteiger partial charge in [-0.3, -0.25) is 4.90 Å². The molecule has 18 heavy (non-hydrogen) atoms. The first-order chi connectivity index (χ1) is 8.69. The van der Waals surface area contributed by atoms with Crippen molar-refractivity contribution >= 4 is 0 Å². The van der Waals surface area contributed by atoms with Crippen LogP contribution in [0, 0.1) is 17.2 Å².